The second kappa shape index (κ2) is 6.89. The van der Waals surface area contributed by atoms with Crippen molar-refractivity contribution in [1.29, 1.82) is 0 Å². The van der Waals surface area contributed by atoms with Crippen molar-refractivity contribution in [2.45, 2.75) is 24.8 Å². The van der Waals surface area contributed by atoms with Crippen molar-refractivity contribution in [3.05, 3.63) is 40.8 Å². The number of rotatable bonds is 3. The third kappa shape index (κ3) is 3.41. The third-order valence-corrected chi connectivity index (χ3v) is 5.50. The number of hydrogen-bond acceptors (Lipinski definition) is 6. The van der Waals surface area contributed by atoms with Gasteiger partial charge in [0.05, 0.1) is 10.7 Å². The van der Waals surface area contributed by atoms with E-state index in [2.05, 4.69) is 19.8 Å². The summed E-state index contributed by atoms with van der Waals surface area (Å²) in [6.45, 7) is 3.20. The van der Waals surface area contributed by atoms with Crippen LogP contribution in [0, 0.1) is 5.82 Å². The molecule has 4 rings (SSSR count). The van der Waals surface area contributed by atoms with Gasteiger partial charge in [0.2, 0.25) is 5.95 Å². The van der Waals surface area contributed by atoms with Crippen LogP contribution >= 0.6 is 11.6 Å². The maximum absolute atomic E-state index is 13.4. The van der Waals surface area contributed by atoms with E-state index in [1.165, 1.54) is 6.07 Å². The van der Waals surface area contributed by atoms with E-state index in [9.17, 15) is 4.39 Å². The van der Waals surface area contributed by atoms with Gasteiger partial charge in [0.1, 0.15) is 11.6 Å². The Morgan fingerprint density at radius 2 is 1.73 bits per heavy atom. The monoisotopic (exact) mass is 376 g/mol. The summed E-state index contributed by atoms with van der Waals surface area (Å²) in [6, 6.07) is 7.15. The molecule has 4 N–H and O–H groups in total. The van der Waals surface area contributed by atoms with Crippen molar-refractivity contribution < 1.29 is 4.39 Å². The summed E-state index contributed by atoms with van der Waals surface area (Å²) in [5.41, 5.74) is 13.7. The molecule has 0 amide bonds. The summed E-state index contributed by atoms with van der Waals surface area (Å²) in [5, 5.41) is 0.150. The van der Waals surface area contributed by atoms with E-state index in [1.807, 2.05) is 6.07 Å². The first-order valence-corrected chi connectivity index (χ1v) is 9.22. The Balaban J connectivity index is 1.45. The normalized spacial score (nSPS) is 23.0. The molecule has 2 fully saturated rings. The average molecular weight is 377 g/mol. The Bertz CT molecular complexity index is 802. The number of nitrogens with two attached hydrogens (primary N) is 2. The van der Waals surface area contributed by atoms with Crippen LogP contribution in [0.2, 0.25) is 5.02 Å². The van der Waals surface area contributed by atoms with E-state index in [-0.39, 0.29) is 11.1 Å². The van der Waals surface area contributed by atoms with Crippen LogP contribution in [0.3, 0.4) is 0 Å². The fourth-order valence-corrected chi connectivity index (χ4v) is 3.80. The summed E-state index contributed by atoms with van der Waals surface area (Å²) in [7, 11) is 0. The van der Waals surface area contributed by atoms with Crippen LogP contribution in [0.15, 0.2) is 24.3 Å². The Morgan fingerprint density at radius 1 is 1.04 bits per heavy atom. The Hall–Kier alpha value is -2.12. The van der Waals surface area contributed by atoms with Gasteiger partial charge in [0.15, 0.2) is 0 Å². The second-order valence-corrected chi connectivity index (χ2v) is 7.42. The molecule has 1 saturated heterocycles. The van der Waals surface area contributed by atoms with Crippen molar-refractivity contribution in [2.75, 3.05) is 41.7 Å². The molecule has 0 atom stereocenters. The summed E-state index contributed by atoms with van der Waals surface area (Å²) in [4.78, 5) is 13.2. The predicted molar refractivity (Wildman–Crippen MR) is 102 cm³/mol. The molecule has 1 aromatic carbocycles. The highest BCUT2D eigenvalue weighted by Crippen LogP contribution is 2.36. The summed E-state index contributed by atoms with van der Waals surface area (Å²) >= 11 is 5.90. The molecule has 1 saturated carbocycles. The molecule has 0 bridgehead atoms. The second-order valence-electron chi connectivity index (χ2n) is 7.01. The van der Waals surface area contributed by atoms with Crippen LogP contribution in [-0.2, 0) is 0 Å². The van der Waals surface area contributed by atoms with E-state index in [0.717, 1.165) is 56.2 Å². The highest BCUT2D eigenvalue weighted by molar-refractivity contribution is 6.31. The largest absolute Gasteiger partial charge is 0.368 e. The maximum Gasteiger partial charge on any atom is 0.222 e. The van der Waals surface area contributed by atoms with Gasteiger partial charge in [-0.2, -0.15) is 4.98 Å². The van der Waals surface area contributed by atoms with Crippen LogP contribution < -0.4 is 21.3 Å². The van der Waals surface area contributed by atoms with E-state index >= 15 is 0 Å². The number of hydrogen-bond donors (Lipinski definition) is 2. The minimum absolute atomic E-state index is 0.150. The fraction of sp³-hybridized carbons (Fsp3) is 0.444. The molecule has 6 nitrogen and oxygen atoms in total. The van der Waals surface area contributed by atoms with Gasteiger partial charge in [-0.1, -0.05) is 11.6 Å². The first kappa shape index (κ1) is 17.3. The van der Waals surface area contributed by atoms with Gasteiger partial charge in [-0.25, -0.2) is 9.37 Å². The number of piperazine rings is 1. The molecule has 8 heteroatoms. The van der Waals surface area contributed by atoms with Crippen molar-refractivity contribution in [2.24, 2.45) is 5.73 Å². The number of aromatic nitrogens is 2. The minimum atomic E-state index is -0.395. The van der Waals surface area contributed by atoms with Gasteiger partial charge in [-0.05, 0) is 31.0 Å². The molecule has 1 aromatic heterocycles. The number of nitrogen functional groups attached to an aromatic ring is 1. The molecule has 1 aliphatic carbocycles. The van der Waals surface area contributed by atoms with Gasteiger partial charge in [0.25, 0.3) is 0 Å². The molecule has 0 radical (unpaired) electrons. The molecule has 0 unspecified atom stereocenters. The average Bonchev–Trinajstić information content (AvgIpc) is 2.61. The SMILES string of the molecule is Nc1nc(C2CC(N)C2)cc(N2CCN(c3ccc(F)c(Cl)c3)CC2)n1. The minimum Gasteiger partial charge on any atom is -0.368 e. The van der Waals surface area contributed by atoms with E-state index in [1.54, 1.807) is 12.1 Å². The lowest BCUT2D eigenvalue weighted by Crippen LogP contribution is -2.47. The summed E-state index contributed by atoms with van der Waals surface area (Å²) in [6.07, 6.45) is 1.91. The molecular weight excluding hydrogens is 355 g/mol. The zero-order chi connectivity index (χ0) is 18.3. The smallest absolute Gasteiger partial charge is 0.222 e. The molecule has 2 aromatic rings. The van der Waals surface area contributed by atoms with E-state index in [0.29, 0.717) is 11.9 Å². The molecule has 0 spiro atoms. The Labute approximate surface area is 157 Å². The zero-order valence-electron chi connectivity index (χ0n) is 14.4. The third-order valence-electron chi connectivity index (χ3n) is 5.21. The predicted octanol–water partition coefficient (Wildman–Crippen LogP) is 2.38. The topological polar surface area (TPSA) is 84.3 Å². The first-order chi connectivity index (χ1) is 12.5. The van der Waals surface area contributed by atoms with Gasteiger partial charge < -0.3 is 21.3 Å². The van der Waals surface area contributed by atoms with Crippen molar-refractivity contribution >= 4 is 29.1 Å². The Morgan fingerprint density at radius 3 is 2.38 bits per heavy atom. The van der Waals surface area contributed by atoms with Crippen LogP contribution in [0.5, 0.6) is 0 Å². The molecule has 138 valence electrons. The first-order valence-electron chi connectivity index (χ1n) is 8.84. The number of benzene rings is 1. The lowest BCUT2D eigenvalue weighted by molar-refractivity contribution is 0.345. The fourth-order valence-electron chi connectivity index (χ4n) is 3.62. The van der Waals surface area contributed by atoms with Crippen molar-refractivity contribution in [3.63, 3.8) is 0 Å². The molecule has 2 heterocycles. The molecular formula is C18H22ClFN6. The van der Waals surface area contributed by atoms with Crippen molar-refractivity contribution in [1.82, 2.24) is 9.97 Å². The van der Waals surface area contributed by atoms with E-state index < -0.39 is 5.82 Å². The maximum atomic E-state index is 13.4. The van der Waals surface area contributed by atoms with Crippen LogP contribution in [-0.4, -0.2) is 42.2 Å². The van der Waals surface area contributed by atoms with Crippen LogP contribution in [0.4, 0.5) is 21.8 Å². The van der Waals surface area contributed by atoms with Gasteiger partial charge in [0, 0.05) is 49.9 Å². The number of anilines is 3. The summed E-state index contributed by atoms with van der Waals surface area (Å²) in [5.74, 6) is 1.17. The molecule has 1 aliphatic heterocycles. The lowest BCUT2D eigenvalue weighted by atomic mass is 9.78. The zero-order valence-corrected chi connectivity index (χ0v) is 15.2. The van der Waals surface area contributed by atoms with Gasteiger partial charge in [-0.15, -0.1) is 0 Å². The number of halogens is 2. The quantitative estimate of drug-likeness (QED) is 0.855. The Kier molecular flexibility index (Phi) is 4.58. The van der Waals surface area contributed by atoms with Crippen LogP contribution in [0.1, 0.15) is 24.5 Å². The lowest BCUT2D eigenvalue weighted by Gasteiger charge is -2.37. The van der Waals surface area contributed by atoms with E-state index in [4.69, 9.17) is 23.1 Å². The van der Waals surface area contributed by atoms with Gasteiger partial charge >= 0.3 is 0 Å². The highest BCUT2D eigenvalue weighted by Gasteiger charge is 2.30. The van der Waals surface area contributed by atoms with Gasteiger partial charge in [-0.3, -0.25) is 0 Å². The van der Waals surface area contributed by atoms with Crippen molar-refractivity contribution in [3.8, 4) is 0 Å². The molecule has 26 heavy (non-hydrogen) atoms. The molecule has 2 aliphatic rings. The standard InChI is InChI=1S/C18H22ClFN6/c19-14-9-13(1-2-15(14)20)25-3-5-26(6-4-25)17-10-16(23-18(22)24-17)11-7-12(21)8-11/h1-2,9-12H,3-8,21H2,(H2,22,23,24). The highest BCUT2D eigenvalue weighted by atomic mass is 35.5. The summed E-state index contributed by atoms with van der Waals surface area (Å²) < 4.78 is 13.4. The van der Waals surface area contributed by atoms with Crippen LogP contribution in [0.25, 0.3) is 0 Å². The number of nitrogens with zero attached hydrogens (tertiary/aromatic N) is 4.